The topological polar surface area (TPSA) is 126 Å². The standard InChI is InChI=1S/C15H18N8O2/c1-9-4-12(22(2)21-9)19-13(24)8-23-7-10(6-17-23)11-5-14(25-3)20-15(16)18-11/h4-7H,8H2,1-3H3,(H,19,24)(H2,16,18,20). The molecule has 130 valence electrons. The number of aryl methyl sites for hydroxylation is 2. The Morgan fingerprint density at radius 3 is 2.84 bits per heavy atom. The minimum atomic E-state index is -0.211. The fourth-order valence-electron chi connectivity index (χ4n) is 2.33. The first-order valence-corrected chi connectivity index (χ1v) is 7.46. The summed E-state index contributed by atoms with van der Waals surface area (Å²) in [5, 5.41) is 11.2. The van der Waals surface area contributed by atoms with Crippen molar-refractivity contribution in [2.75, 3.05) is 18.2 Å². The first-order chi connectivity index (χ1) is 11.9. The number of aromatic nitrogens is 6. The molecule has 0 saturated carbocycles. The number of hydrogen-bond acceptors (Lipinski definition) is 7. The number of rotatable bonds is 5. The zero-order valence-electron chi connectivity index (χ0n) is 14.1. The highest BCUT2D eigenvalue weighted by atomic mass is 16.5. The largest absolute Gasteiger partial charge is 0.481 e. The zero-order chi connectivity index (χ0) is 18.0. The molecule has 1 amide bonds. The van der Waals surface area contributed by atoms with E-state index in [2.05, 4.69) is 25.5 Å². The van der Waals surface area contributed by atoms with Crippen LogP contribution in [0.25, 0.3) is 11.3 Å². The molecule has 0 fully saturated rings. The van der Waals surface area contributed by atoms with Crippen LogP contribution >= 0.6 is 0 Å². The van der Waals surface area contributed by atoms with Crippen LogP contribution in [0.4, 0.5) is 11.8 Å². The second-order valence-corrected chi connectivity index (χ2v) is 5.42. The molecular weight excluding hydrogens is 324 g/mol. The first kappa shape index (κ1) is 16.4. The third-order valence-electron chi connectivity index (χ3n) is 3.43. The van der Waals surface area contributed by atoms with Crippen LogP contribution in [-0.2, 0) is 18.4 Å². The number of nitrogens with zero attached hydrogens (tertiary/aromatic N) is 6. The van der Waals surface area contributed by atoms with Crippen molar-refractivity contribution in [3.05, 3.63) is 30.2 Å². The smallest absolute Gasteiger partial charge is 0.247 e. The lowest BCUT2D eigenvalue weighted by molar-refractivity contribution is -0.116. The third kappa shape index (κ3) is 3.74. The van der Waals surface area contributed by atoms with Crippen molar-refractivity contribution in [1.82, 2.24) is 29.5 Å². The highest BCUT2D eigenvalue weighted by molar-refractivity contribution is 5.89. The van der Waals surface area contributed by atoms with Crippen molar-refractivity contribution < 1.29 is 9.53 Å². The molecule has 0 aromatic carbocycles. The van der Waals surface area contributed by atoms with Crippen molar-refractivity contribution in [2.45, 2.75) is 13.5 Å². The Bertz CT molecular complexity index is 914. The number of amides is 1. The average Bonchev–Trinajstić information content (AvgIpc) is 3.13. The van der Waals surface area contributed by atoms with Gasteiger partial charge in [0.1, 0.15) is 12.4 Å². The predicted octanol–water partition coefficient (Wildman–Crippen LogP) is 0.612. The molecule has 0 bridgehead atoms. The van der Waals surface area contributed by atoms with Gasteiger partial charge in [0.15, 0.2) is 0 Å². The molecular formula is C15H18N8O2. The van der Waals surface area contributed by atoms with Gasteiger partial charge in [-0.3, -0.25) is 14.2 Å². The van der Waals surface area contributed by atoms with Crippen LogP contribution in [0.3, 0.4) is 0 Å². The predicted molar refractivity (Wildman–Crippen MR) is 90.8 cm³/mol. The summed E-state index contributed by atoms with van der Waals surface area (Å²) in [4.78, 5) is 20.2. The number of nitrogen functional groups attached to an aromatic ring is 1. The molecule has 0 aliphatic carbocycles. The van der Waals surface area contributed by atoms with Gasteiger partial charge in [-0.05, 0) is 6.92 Å². The summed E-state index contributed by atoms with van der Waals surface area (Å²) < 4.78 is 8.20. The van der Waals surface area contributed by atoms with Crippen LogP contribution in [0.5, 0.6) is 5.88 Å². The van der Waals surface area contributed by atoms with E-state index in [4.69, 9.17) is 10.5 Å². The number of nitrogens with one attached hydrogen (secondary N) is 1. The van der Waals surface area contributed by atoms with Crippen LogP contribution in [0.15, 0.2) is 24.5 Å². The molecule has 10 nitrogen and oxygen atoms in total. The molecule has 0 aliphatic heterocycles. The van der Waals surface area contributed by atoms with E-state index in [0.29, 0.717) is 23.0 Å². The number of methoxy groups -OCH3 is 1. The summed E-state index contributed by atoms with van der Waals surface area (Å²) in [5.41, 5.74) is 7.76. The van der Waals surface area contributed by atoms with Crippen LogP contribution in [0, 0.1) is 6.92 Å². The van der Waals surface area contributed by atoms with Gasteiger partial charge in [0.25, 0.3) is 0 Å². The summed E-state index contributed by atoms with van der Waals surface area (Å²) >= 11 is 0. The fraction of sp³-hybridized carbons (Fsp3) is 0.267. The minimum Gasteiger partial charge on any atom is -0.481 e. The molecule has 10 heteroatoms. The maximum absolute atomic E-state index is 12.2. The molecule has 0 aliphatic rings. The fourth-order valence-corrected chi connectivity index (χ4v) is 2.33. The molecule has 3 heterocycles. The first-order valence-electron chi connectivity index (χ1n) is 7.46. The number of carbonyl (C=O) groups excluding carboxylic acids is 1. The average molecular weight is 342 g/mol. The maximum Gasteiger partial charge on any atom is 0.247 e. The second-order valence-electron chi connectivity index (χ2n) is 5.42. The maximum atomic E-state index is 12.2. The van der Waals surface area contributed by atoms with Crippen molar-refractivity contribution >= 4 is 17.7 Å². The van der Waals surface area contributed by atoms with Gasteiger partial charge in [0.2, 0.25) is 17.7 Å². The molecule has 0 spiro atoms. The molecule has 25 heavy (non-hydrogen) atoms. The number of anilines is 2. The van der Waals surface area contributed by atoms with Gasteiger partial charge in [-0.2, -0.15) is 15.2 Å². The van der Waals surface area contributed by atoms with Crippen LogP contribution in [-0.4, -0.2) is 42.5 Å². The highest BCUT2D eigenvalue weighted by Crippen LogP contribution is 2.21. The summed E-state index contributed by atoms with van der Waals surface area (Å²) in [5.74, 6) is 0.881. The Kier molecular flexibility index (Phi) is 4.33. The van der Waals surface area contributed by atoms with Crippen LogP contribution in [0.1, 0.15) is 5.69 Å². The molecule has 0 atom stereocenters. The minimum absolute atomic E-state index is 0.0575. The number of nitrogens with two attached hydrogens (primary N) is 1. The van der Waals surface area contributed by atoms with Gasteiger partial charge in [-0.1, -0.05) is 0 Å². The monoisotopic (exact) mass is 342 g/mol. The molecule has 3 N–H and O–H groups in total. The van der Waals surface area contributed by atoms with E-state index >= 15 is 0 Å². The van der Waals surface area contributed by atoms with Crippen molar-refractivity contribution in [3.8, 4) is 17.1 Å². The third-order valence-corrected chi connectivity index (χ3v) is 3.43. The van der Waals surface area contributed by atoms with E-state index in [1.54, 1.807) is 36.3 Å². The van der Waals surface area contributed by atoms with Crippen molar-refractivity contribution in [2.24, 2.45) is 7.05 Å². The van der Waals surface area contributed by atoms with Gasteiger partial charge in [-0.25, -0.2) is 4.98 Å². The van der Waals surface area contributed by atoms with E-state index in [1.165, 1.54) is 11.8 Å². The lowest BCUT2D eigenvalue weighted by Crippen LogP contribution is -2.20. The molecule has 3 aromatic heterocycles. The molecule has 0 saturated heterocycles. The lowest BCUT2D eigenvalue weighted by Gasteiger charge is -2.05. The van der Waals surface area contributed by atoms with Gasteiger partial charge in [0, 0.05) is 30.9 Å². The van der Waals surface area contributed by atoms with E-state index < -0.39 is 0 Å². The molecule has 3 rings (SSSR count). The summed E-state index contributed by atoms with van der Waals surface area (Å²) in [6, 6.07) is 3.44. The van der Waals surface area contributed by atoms with Crippen LogP contribution in [0.2, 0.25) is 0 Å². The molecule has 3 aromatic rings. The zero-order valence-corrected chi connectivity index (χ0v) is 14.1. The second kappa shape index (κ2) is 6.59. The van der Waals surface area contributed by atoms with Crippen LogP contribution < -0.4 is 15.8 Å². The Morgan fingerprint density at radius 2 is 2.16 bits per heavy atom. The van der Waals surface area contributed by atoms with Gasteiger partial charge in [-0.15, -0.1) is 0 Å². The summed E-state index contributed by atoms with van der Waals surface area (Å²) in [7, 11) is 3.26. The SMILES string of the molecule is COc1cc(-c2cnn(CC(=O)Nc3cc(C)nn3C)c2)nc(N)n1. The molecule has 0 radical (unpaired) electrons. The summed E-state index contributed by atoms with van der Waals surface area (Å²) in [6.45, 7) is 1.92. The quantitative estimate of drug-likeness (QED) is 0.695. The Morgan fingerprint density at radius 1 is 1.36 bits per heavy atom. The van der Waals surface area contributed by atoms with E-state index in [1.807, 2.05) is 6.92 Å². The Balaban J connectivity index is 1.72. The number of ether oxygens (including phenoxy) is 1. The van der Waals surface area contributed by atoms with E-state index in [9.17, 15) is 4.79 Å². The van der Waals surface area contributed by atoms with Crippen molar-refractivity contribution in [1.29, 1.82) is 0 Å². The number of carbonyl (C=O) groups is 1. The highest BCUT2D eigenvalue weighted by Gasteiger charge is 2.11. The number of hydrogen-bond donors (Lipinski definition) is 2. The Labute approximate surface area is 143 Å². The normalized spacial score (nSPS) is 10.7. The van der Waals surface area contributed by atoms with Crippen molar-refractivity contribution in [3.63, 3.8) is 0 Å². The van der Waals surface area contributed by atoms with Gasteiger partial charge in [0.05, 0.1) is 24.7 Å². The van der Waals surface area contributed by atoms with Gasteiger partial charge >= 0.3 is 0 Å². The Hall–Kier alpha value is -3.43. The summed E-state index contributed by atoms with van der Waals surface area (Å²) in [6.07, 6.45) is 3.30. The van der Waals surface area contributed by atoms with E-state index in [0.717, 1.165) is 5.69 Å². The lowest BCUT2D eigenvalue weighted by atomic mass is 10.2. The molecule has 0 unspecified atom stereocenters. The van der Waals surface area contributed by atoms with Gasteiger partial charge < -0.3 is 15.8 Å². The van der Waals surface area contributed by atoms with E-state index in [-0.39, 0.29) is 18.4 Å².